The minimum absolute atomic E-state index is 0.00470. The van der Waals surface area contributed by atoms with Crippen molar-refractivity contribution < 1.29 is 9.18 Å². The first-order valence-electron chi connectivity index (χ1n) is 7.97. The molecule has 1 aliphatic carbocycles. The van der Waals surface area contributed by atoms with Gasteiger partial charge in [0.25, 0.3) is 0 Å². The third-order valence-electron chi connectivity index (χ3n) is 3.99. The minimum Gasteiger partial charge on any atom is -0.335 e. The van der Waals surface area contributed by atoms with Crippen molar-refractivity contribution in [2.75, 3.05) is 6.54 Å². The summed E-state index contributed by atoms with van der Waals surface area (Å²) in [4.78, 5) is 14.4. The Bertz CT molecular complexity index is 675. The number of hydrogen-bond donors (Lipinski definition) is 0. The van der Waals surface area contributed by atoms with E-state index in [2.05, 4.69) is 0 Å². The molecule has 2 aromatic rings. The molecule has 0 N–H and O–H groups in total. The van der Waals surface area contributed by atoms with E-state index >= 15 is 0 Å². The van der Waals surface area contributed by atoms with Crippen molar-refractivity contribution >= 4 is 12.0 Å². The summed E-state index contributed by atoms with van der Waals surface area (Å²) in [5.41, 5.74) is 1.96. The Hall–Kier alpha value is -2.42. The second kappa shape index (κ2) is 7.23. The van der Waals surface area contributed by atoms with Crippen LogP contribution in [0.4, 0.5) is 4.39 Å². The van der Waals surface area contributed by atoms with Crippen molar-refractivity contribution in [1.29, 1.82) is 0 Å². The van der Waals surface area contributed by atoms with Crippen LogP contribution < -0.4 is 0 Å². The van der Waals surface area contributed by atoms with Gasteiger partial charge < -0.3 is 4.90 Å². The topological polar surface area (TPSA) is 20.3 Å². The van der Waals surface area contributed by atoms with Crippen LogP contribution in [0.1, 0.15) is 24.0 Å². The summed E-state index contributed by atoms with van der Waals surface area (Å²) >= 11 is 0. The lowest BCUT2D eigenvalue weighted by atomic mass is 10.2. The molecule has 0 aromatic heterocycles. The summed E-state index contributed by atoms with van der Waals surface area (Å²) in [5, 5.41) is 0. The number of hydrogen-bond acceptors (Lipinski definition) is 1. The first kappa shape index (κ1) is 15.5. The first-order chi connectivity index (χ1) is 11.2. The molecule has 0 aliphatic heterocycles. The Kier molecular flexibility index (Phi) is 4.86. The summed E-state index contributed by atoms with van der Waals surface area (Å²) in [5.74, 6) is 0.375. The maximum Gasteiger partial charge on any atom is 0.246 e. The van der Waals surface area contributed by atoms with Gasteiger partial charge in [-0.05, 0) is 48.1 Å². The van der Waals surface area contributed by atoms with E-state index in [1.807, 2.05) is 35.2 Å². The summed E-state index contributed by atoms with van der Waals surface area (Å²) in [6.45, 7) is 1.44. The number of benzene rings is 2. The van der Waals surface area contributed by atoms with Crippen molar-refractivity contribution in [3.8, 4) is 0 Å². The standard InChI is InChI=1S/C20H20FNO/c21-19-11-8-16(9-12-19)10-13-20(23)22(15-18-6-7-18)14-17-4-2-1-3-5-17/h1-5,8-13,18H,6-7,14-15H2. The molecule has 0 spiro atoms. The molecule has 1 amide bonds. The van der Waals surface area contributed by atoms with Gasteiger partial charge in [0.1, 0.15) is 5.82 Å². The van der Waals surface area contributed by atoms with Crippen LogP contribution in [0.3, 0.4) is 0 Å². The van der Waals surface area contributed by atoms with Crippen LogP contribution >= 0.6 is 0 Å². The molecular formula is C20H20FNO. The van der Waals surface area contributed by atoms with E-state index < -0.39 is 0 Å². The molecule has 0 radical (unpaired) electrons. The minimum atomic E-state index is -0.270. The summed E-state index contributed by atoms with van der Waals surface area (Å²) in [6.07, 6.45) is 5.74. The molecule has 2 aromatic carbocycles. The Morgan fingerprint density at radius 3 is 2.43 bits per heavy atom. The number of rotatable bonds is 6. The van der Waals surface area contributed by atoms with Crippen LogP contribution in [0.25, 0.3) is 6.08 Å². The van der Waals surface area contributed by atoms with Crippen molar-refractivity contribution in [3.63, 3.8) is 0 Å². The van der Waals surface area contributed by atoms with Gasteiger partial charge in [-0.2, -0.15) is 0 Å². The molecule has 23 heavy (non-hydrogen) atoms. The SMILES string of the molecule is O=C(C=Cc1ccc(F)cc1)N(Cc1ccccc1)CC1CC1. The van der Waals surface area contributed by atoms with Gasteiger partial charge >= 0.3 is 0 Å². The first-order valence-corrected chi connectivity index (χ1v) is 7.97. The molecule has 1 fully saturated rings. The molecular weight excluding hydrogens is 289 g/mol. The molecule has 118 valence electrons. The van der Waals surface area contributed by atoms with Gasteiger partial charge in [-0.1, -0.05) is 42.5 Å². The Balaban J connectivity index is 1.68. The highest BCUT2D eigenvalue weighted by atomic mass is 19.1. The van der Waals surface area contributed by atoms with Gasteiger partial charge in [0.2, 0.25) is 5.91 Å². The van der Waals surface area contributed by atoms with Gasteiger partial charge in [-0.25, -0.2) is 4.39 Å². The second-order valence-electron chi connectivity index (χ2n) is 6.03. The predicted molar refractivity (Wildman–Crippen MR) is 90.0 cm³/mol. The van der Waals surface area contributed by atoms with E-state index in [1.54, 1.807) is 24.3 Å². The van der Waals surface area contributed by atoms with E-state index in [-0.39, 0.29) is 11.7 Å². The van der Waals surface area contributed by atoms with Crippen molar-refractivity contribution in [3.05, 3.63) is 77.6 Å². The van der Waals surface area contributed by atoms with E-state index in [9.17, 15) is 9.18 Å². The molecule has 1 saturated carbocycles. The van der Waals surface area contributed by atoms with Crippen molar-refractivity contribution in [2.24, 2.45) is 5.92 Å². The average Bonchev–Trinajstić information content (AvgIpc) is 3.38. The van der Waals surface area contributed by atoms with E-state index in [4.69, 9.17) is 0 Å². The maximum atomic E-state index is 12.9. The summed E-state index contributed by atoms with van der Waals surface area (Å²) < 4.78 is 12.9. The van der Waals surface area contributed by atoms with Crippen LogP contribution in [0.15, 0.2) is 60.7 Å². The Labute approximate surface area is 136 Å². The van der Waals surface area contributed by atoms with Gasteiger partial charge in [0.15, 0.2) is 0 Å². The fraction of sp³-hybridized carbons (Fsp3) is 0.250. The average molecular weight is 309 g/mol. The molecule has 3 heteroatoms. The number of nitrogens with zero attached hydrogens (tertiary/aromatic N) is 1. The zero-order valence-corrected chi connectivity index (χ0v) is 13.0. The fourth-order valence-corrected chi connectivity index (χ4v) is 2.50. The molecule has 3 rings (SSSR count). The lowest BCUT2D eigenvalue weighted by molar-refractivity contribution is -0.126. The fourth-order valence-electron chi connectivity index (χ4n) is 2.50. The highest BCUT2D eigenvalue weighted by Gasteiger charge is 2.26. The molecule has 2 nitrogen and oxygen atoms in total. The Morgan fingerprint density at radius 2 is 1.78 bits per heavy atom. The smallest absolute Gasteiger partial charge is 0.246 e. The van der Waals surface area contributed by atoms with Gasteiger partial charge in [-0.15, -0.1) is 0 Å². The van der Waals surface area contributed by atoms with Crippen LogP contribution in [0, 0.1) is 11.7 Å². The third kappa shape index (κ3) is 4.78. The second-order valence-corrected chi connectivity index (χ2v) is 6.03. The molecule has 0 atom stereocenters. The van der Waals surface area contributed by atoms with Crippen LogP contribution in [0.2, 0.25) is 0 Å². The largest absolute Gasteiger partial charge is 0.335 e. The van der Waals surface area contributed by atoms with Gasteiger partial charge in [0, 0.05) is 19.2 Å². The van der Waals surface area contributed by atoms with Crippen LogP contribution in [-0.2, 0) is 11.3 Å². The van der Waals surface area contributed by atoms with E-state index in [0.29, 0.717) is 12.5 Å². The van der Waals surface area contributed by atoms with E-state index in [1.165, 1.54) is 25.0 Å². The molecule has 1 aliphatic rings. The zero-order chi connectivity index (χ0) is 16.1. The molecule has 0 saturated heterocycles. The maximum absolute atomic E-state index is 12.9. The number of halogens is 1. The highest BCUT2D eigenvalue weighted by molar-refractivity contribution is 5.91. The molecule has 0 bridgehead atoms. The van der Waals surface area contributed by atoms with Crippen LogP contribution in [-0.4, -0.2) is 17.4 Å². The van der Waals surface area contributed by atoms with Crippen LogP contribution in [0.5, 0.6) is 0 Å². The lowest BCUT2D eigenvalue weighted by Crippen LogP contribution is -2.31. The van der Waals surface area contributed by atoms with Crippen molar-refractivity contribution in [1.82, 2.24) is 4.90 Å². The molecule has 0 unspecified atom stereocenters. The Morgan fingerprint density at radius 1 is 1.09 bits per heavy atom. The molecule has 0 heterocycles. The highest BCUT2D eigenvalue weighted by Crippen LogP contribution is 2.30. The lowest BCUT2D eigenvalue weighted by Gasteiger charge is -2.21. The number of amides is 1. The van der Waals surface area contributed by atoms with Gasteiger partial charge in [0.05, 0.1) is 0 Å². The van der Waals surface area contributed by atoms with E-state index in [0.717, 1.165) is 17.7 Å². The summed E-state index contributed by atoms with van der Waals surface area (Å²) in [6, 6.07) is 16.2. The van der Waals surface area contributed by atoms with Gasteiger partial charge in [-0.3, -0.25) is 4.79 Å². The van der Waals surface area contributed by atoms with Crippen molar-refractivity contribution in [2.45, 2.75) is 19.4 Å². The predicted octanol–water partition coefficient (Wildman–Crippen LogP) is 4.28. The zero-order valence-electron chi connectivity index (χ0n) is 13.0. The monoisotopic (exact) mass is 309 g/mol. The number of carbonyl (C=O) groups excluding carboxylic acids is 1. The normalized spacial score (nSPS) is 14.1. The summed E-state index contributed by atoms with van der Waals surface area (Å²) in [7, 11) is 0. The number of carbonyl (C=O) groups is 1. The quantitative estimate of drug-likeness (QED) is 0.729. The third-order valence-corrected chi connectivity index (χ3v) is 3.99.